The van der Waals surface area contributed by atoms with Crippen LogP contribution in [-0.2, 0) is 11.8 Å². The van der Waals surface area contributed by atoms with Gasteiger partial charge in [-0.3, -0.25) is 24.3 Å². The average Bonchev–Trinajstić information content (AvgIpc) is 3.08. The van der Waals surface area contributed by atoms with E-state index in [1.807, 2.05) is 40.1 Å². The van der Waals surface area contributed by atoms with Gasteiger partial charge in [-0.05, 0) is 25.0 Å². The van der Waals surface area contributed by atoms with Gasteiger partial charge in [0, 0.05) is 37.1 Å². The maximum atomic E-state index is 13.1. The van der Waals surface area contributed by atoms with Gasteiger partial charge < -0.3 is 0 Å². The second-order valence-electron chi connectivity index (χ2n) is 7.27. The molecule has 0 aromatic carbocycles. The zero-order valence-corrected chi connectivity index (χ0v) is 14.9. The Bertz CT molecular complexity index is 904. The van der Waals surface area contributed by atoms with Gasteiger partial charge in [-0.2, -0.15) is 5.10 Å². The van der Waals surface area contributed by atoms with Crippen molar-refractivity contribution in [3.63, 3.8) is 0 Å². The maximum Gasteiger partial charge on any atom is 0.238 e. The van der Waals surface area contributed by atoms with Crippen LogP contribution in [0.2, 0.25) is 0 Å². The van der Waals surface area contributed by atoms with Crippen molar-refractivity contribution in [1.82, 2.24) is 19.7 Å². The SMILES string of the molecule is Cc1cnc(C2=CCC3C(=C2)N(c2ccn(C)n2)C(=O)C3(C)C)cn1. The molecule has 1 aliphatic carbocycles. The summed E-state index contributed by atoms with van der Waals surface area (Å²) in [5, 5.41) is 4.44. The Morgan fingerprint density at radius 3 is 2.68 bits per heavy atom. The lowest BCUT2D eigenvalue weighted by atomic mass is 9.76. The molecule has 128 valence electrons. The minimum atomic E-state index is -0.454. The molecule has 2 aliphatic rings. The van der Waals surface area contributed by atoms with Gasteiger partial charge in [0.15, 0.2) is 5.82 Å². The first-order valence-electron chi connectivity index (χ1n) is 8.43. The van der Waals surface area contributed by atoms with E-state index in [0.29, 0.717) is 5.82 Å². The number of aromatic nitrogens is 4. The molecule has 0 N–H and O–H groups in total. The molecule has 1 fully saturated rings. The van der Waals surface area contributed by atoms with E-state index in [4.69, 9.17) is 0 Å². The van der Waals surface area contributed by atoms with Crippen molar-refractivity contribution in [3.05, 3.63) is 53.9 Å². The predicted octanol–water partition coefficient (Wildman–Crippen LogP) is 2.88. The standard InChI is InChI=1S/C19H21N5O/c1-12-10-21-15(11-20-12)13-5-6-14-16(9-13)24(18(25)19(14,2)3)17-7-8-23(4)22-17/h5,7-11,14H,6H2,1-4H3. The van der Waals surface area contributed by atoms with Crippen molar-refractivity contribution in [2.45, 2.75) is 27.2 Å². The summed E-state index contributed by atoms with van der Waals surface area (Å²) in [4.78, 5) is 23.6. The molecule has 25 heavy (non-hydrogen) atoms. The number of aryl methyl sites for hydroxylation is 2. The van der Waals surface area contributed by atoms with Crippen LogP contribution >= 0.6 is 0 Å². The number of anilines is 1. The molecule has 3 heterocycles. The molecule has 1 atom stereocenters. The van der Waals surface area contributed by atoms with E-state index in [1.54, 1.807) is 22.0 Å². The molecule has 1 aliphatic heterocycles. The van der Waals surface area contributed by atoms with Crippen LogP contribution in [0, 0.1) is 18.3 Å². The second kappa shape index (κ2) is 5.37. The van der Waals surface area contributed by atoms with Gasteiger partial charge >= 0.3 is 0 Å². The quantitative estimate of drug-likeness (QED) is 0.846. The summed E-state index contributed by atoms with van der Waals surface area (Å²) >= 11 is 0. The van der Waals surface area contributed by atoms with Crippen LogP contribution in [0.4, 0.5) is 5.82 Å². The number of rotatable bonds is 2. The Kier molecular flexibility index (Phi) is 3.39. The van der Waals surface area contributed by atoms with Crippen LogP contribution in [0.1, 0.15) is 31.7 Å². The monoisotopic (exact) mass is 335 g/mol. The summed E-state index contributed by atoms with van der Waals surface area (Å²) in [6.07, 6.45) is 10.4. The van der Waals surface area contributed by atoms with Gasteiger partial charge in [0.25, 0.3) is 0 Å². The molecule has 0 saturated carbocycles. The number of allylic oxidation sites excluding steroid dienone is 4. The third kappa shape index (κ3) is 2.40. The van der Waals surface area contributed by atoms with Crippen LogP contribution in [-0.4, -0.2) is 25.7 Å². The second-order valence-corrected chi connectivity index (χ2v) is 7.27. The van der Waals surface area contributed by atoms with Crippen molar-refractivity contribution in [1.29, 1.82) is 0 Å². The van der Waals surface area contributed by atoms with Gasteiger partial charge in [-0.25, -0.2) is 0 Å². The molecule has 0 spiro atoms. The number of hydrogen-bond donors (Lipinski definition) is 0. The third-order valence-corrected chi connectivity index (χ3v) is 5.12. The largest absolute Gasteiger partial charge is 0.274 e. The first kappa shape index (κ1) is 15.7. The molecule has 6 nitrogen and oxygen atoms in total. The van der Waals surface area contributed by atoms with Crippen LogP contribution < -0.4 is 4.90 Å². The summed E-state index contributed by atoms with van der Waals surface area (Å²) in [6, 6.07) is 1.88. The summed E-state index contributed by atoms with van der Waals surface area (Å²) in [6.45, 7) is 5.95. The molecule has 6 heteroatoms. The Hall–Kier alpha value is -2.76. The summed E-state index contributed by atoms with van der Waals surface area (Å²) < 4.78 is 1.72. The molecule has 1 saturated heterocycles. The fourth-order valence-corrected chi connectivity index (χ4v) is 3.60. The van der Waals surface area contributed by atoms with Gasteiger partial charge in [-0.1, -0.05) is 19.9 Å². The van der Waals surface area contributed by atoms with Crippen molar-refractivity contribution in [2.24, 2.45) is 18.4 Å². The van der Waals surface area contributed by atoms with Crippen molar-refractivity contribution < 1.29 is 4.79 Å². The fraction of sp³-hybridized carbons (Fsp3) is 0.368. The first-order chi connectivity index (χ1) is 11.9. The predicted molar refractivity (Wildman–Crippen MR) is 95.4 cm³/mol. The molecule has 4 rings (SSSR count). The maximum absolute atomic E-state index is 13.1. The summed E-state index contributed by atoms with van der Waals surface area (Å²) in [5.74, 6) is 0.904. The number of carbonyl (C=O) groups excluding carboxylic acids is 1. The average molecular weight is 335 g/mol. The van der Waals surface area contributed by atoms with Gasteiger partial charge in [-0.15, -0.1) is 0 Å². The molecule has 1 amide bonds. The minimum Gasteiger partial charge on any atom is -0.274 e. The number of amides is 1. The molecular formula is C19H21N5O. The molecule has 0 bridgehead atoms. The summed E-state index contributed by atoms with van der Waals surface area (Å²) in [5.41, 5.74) is 3.26. The lowest BCUT2D eigenvalue weighted by molar-refractivity contribution is -0.125. The molecule has 2 aromatic rings. The highest BCUT2D eigenvalue weighted by molar-refractivity contribution is 6.04. The normalized spacial score (nSPS) is 21.8. The lowest BCUT2D eigenvalue weighted by Gasteiger charge is -2.25. The minimum absolute atomic E-state index is 0.0899. The van der Waals surface area contributed by atoms with E-state index < -0.39 is 5.41 Å². The van der Waals surface area contributed by atoms with E-state index in [2.05, 4.69) is 27.2 Å². The van der Waals surface area contributed by atoms with E-state index in [-0.39, 0.29) is 11.8 Å². The highest BCUT2D eigenvalue weighted by Gasteiger charge is 2.52. The molecule has 1 unspecified atom stereocenters. The molecule has 0 radical (unpaired) electrons. The van der Waals surface area contributed by atoms with Crippen molar-refractivity contribution in [2.75, 3.05) is 4.90 Å². The van der Waals surface area contributed by atoms with Crippen molar-refractivity contribution in [3.8, 4) is 0 Å². The van der Waals surface area contributed by atoms with E-state index in [1.165, 1.54) is 0 Å². The number of fused-ring (bicyclic) bond motifs is 1. The van der Waals surface area contributed by atoms with E-state index >= 15 is 0 Å². The smallest absolute Gasteiger partial charge is 0.238 e. The van der Waals surface area contributed by atoms with E-state index in [0.717, 1.165) is 29.1 Å². The number of carbonyl (C=O) groups is 1. The Morgan fingerprint density at radius 1 is 1.24 bits per heavy atom. The lowest BCUT2D eigenvalue weighted by Crippen LogP contribution is -2.31. The molecular weight excluding hydrogens is 314 g/mol. The van der Waals surface area contributed by atoms with E-state index in [9.17, 15) is 4.79 Å². The number of hydrogen-bond acceptors (Lipinski definition) is 4. The zero-order valence-electron chi connectivity index (χ0n) is 14.9. The molecule has 2 aromatic heterocycles. The van der Waals surface area contributed by atoms with Crippen LogP contribution in [0.3, 0.4) is 0 Å². The topological polar surface area (TPSA) is 63.9 Å². The Balaban J connectivity index is 1.79. The third-order valence-electron chi connectivity index (χ3n) is 5.12. The highest BCUT2D eigenvalue weighted by atomic mass is 16.2. The Labute approximate surface area is 146 Å². The van der Waals surface area contributed by atoms with Gasteiger partial charge in [0.05, 0.1) is 23.0 Å². The first-order valence-corrected chi connectivity index (χ1v) is 8.43. The highest BCUT2D eigenvalue weighted by Crippen LogP contribution is 2.49. The van der Waals surface area contributed by atoms with Crippen LogP contribution in [0.5, 0.6) is 0 Å². The Morgan fingerprint density at radius 2 is 2.04 bits per heavy atom. The van der Waals surface area contributed by atoms with Gasteiger partial charge in [0.2, 0.25) is 5.91 Å². The van der Waals surface area contributed by atoms with Crippen LogP contribution in [0.15, 0.2) is 42.5 Å². The van der Waals surface area contributed by atoms with Crippen LogP contribution in [0.25, 0.3) is 5.57 Å². The zero-order chi connectivity index (χ0) is 17.8. The number of nitrogens with zero attached hydrogens (tertiary/aromatic N) is 5. The fourth-order valence-electron chi connectivity index (χ4n) is 3.60. The summed E-state index contributed by atoms with van der Waals surface area (Å²) in [7, 11) is 1.86. The van der Waals surface area contributed by atoms with Crippen molar-refractivity contribution >= 4 is 17.3 Å². The van der Waals surface area contributed by atoms with Gasteiger partial charge in [0.1, 0.15) is 0 Å².